The Labute approximate surface area is 164 Å². The van der Waals surface area contributed by atoms with E-state index in [0.717, 1.165) is 30.8 Å². The molecule has 3 fully saturated rings. The fourth-order valence-corrected chi connectivity index (χ4v) is 4.86. The number of carbonyl (C=O) groups is 3. The Balaban J connectivity index is 1.19. The highest BCUT2D eigenvalue weighted by Gasteiger charge is 2.47. The molecule has 4 aliphatic rings. The summed E-state index contributed by atoms with van der Waals surface area (Å²) in [4.78, 5) is 37.8. The quantitative estimate of drug-likeness (QED) is 0.652. The van der Waals surface area contributed by atoms with Crippen LogP contribution in [0.5, 0.6) is 0 Å². The number of hydrogen-bond acceptors (Lipinski definition) is 5. The molecule has 3 heterocycles. The fourth-order valence-electron chi connectivity index (χ4n) is 4.86. The van der Waals surface area contributed by atoms with Gasteiger partial charge in [-0.2, -0.15) is 0 Å². The van der Waals surface area contributed by atoms with Gasteiger partial charge in [0.05, 0.1) is 0 Å². The molecule has 2 saturated heterocycles. The number of piperidine rings is 1. The molecule has 3 N–H and O–H groups in total. The average Bonchev–Trinajstić information content (AvgIpc) is 3.19. The number of nitrogens with one attached hydrogen (secondary N) is 3. The van der Waals surface area contributed by atoms with Gasteiger partial charge in [0, 0.05) is 44.2 Å². The van der Waals surface area contributed by atoms with Gasteiger partial charge in [-0.3, -0.25) is 19.7 Å². The van der Waals surface area contributed by atoms with E-state index in [-0.39, 0.29) is 24.1 Å². The molecule has 3 amide bonds. The maximum atomic E-state index is 12.7. The molecule has 1 spiro atoms. The van der Waals surface area contributed by atoms with Crippen LogP contribution in [0.1, 0.15) is 53.6 Å². The predicted octanol–water partition coefficient (Wildman–Crippen LogP) is 0.679. The Kier molecular flexibility index (Phi) is 4.25. The molecule has 1 aromatic carbocycles. The molecule has 5 rings (SSSR count). The highest BCUT2D eigenvalue weighted by molar-refractivity contribution is 6.05. The molecule has 148 valence electrons. The van der Waals surface area contributed by atoms with Crippen molar-refractivity contribution in [2.24, 2.45) is 5.41 Å². The van der Waals surface area contributed by atoms with Crippen molar-refractivity contribution in [1.29, 1.82) is 0 Å². The standard InChI is InChI=1S/C21H26N4O3/c26-18-4-3-17(19(27)24-18)25-11-14-7-13(1-2-16(14)20(25)28)9-22-10-15-8-21(5-6-21)12-23-15/h1-2,7,15,17,22-23H,3-6,8-12H2,(H,24,26,27). The van der Waals surface area contributed by atoms with Gasteiger partial charge in [0.1, 0.15) is 6.04 Å². The van der Waals surface area contributed by atoms with Crippen molar-refractivity contribution in [3.63, 3.8) is 0 Å². The first kappa shape index (κ1) is 17.8. The van der Waals surface area contributed by atoms with Crippen LogP contribution in [0.3, 0.4) is 0 Å². The molecule has 0 radical (unpaired) electrons. The zero-order valence-corrected chi connectivity index (χ0v) is 15.9. The molecule has 1 saturated carbocycles. The second kappa shape index (κ2) is 6.67. The molecule has 2 unspecified atom stereocenters. The number of carbonyl (C=O) groups excluding carboxylic acids is 3. The summed E-state index contributed by atoms with van der Waals surface area (Å²) in [6.07, 6.45) is 4.70. The maximum absolute atomic E-state index is 12.7. The first-order valence-electron chi connectivity index (χ1n) is 10.2. The van der Waals surface area contributed by atoms with Gasteiger partial charge in [0.25, 0.3) is 5.91 Å². The normalized spacial score (nSPS) is 28.0. The van der Waals surface area contributed by atoms with Crippen LogP contribution < -0.4 is 16.0 Å². The average molecular weight is 382 g/mol. The molecule has 7 heteroatoms. The molecule has 1 aliphatic carbocycles. The van der Waals surface area contributed by atoms with Gasteiger partial charge in [-0.25, -0.2) is 0 Å². The van der Waals surface area contributed by atoms with E-state index >= 15 is 0 Å². The highest BCUT2D eigenvalue weighted by Crippen LogP contribution is 2.51. The van der Waals surface area contributed by atoms with Crippen molar-refractivity contribution in [3.8, 4) is 0 Å². The SMILES string of the molecule is O=C1CCC(N2Cc3cc(CNCC4CC5(CC5)CN4)ccc3C2=O)C(=O)N1. The topological polar surface area (TPSA) is 90.5 Å². The van der Waals surface area contributed by atoms with Crippen molar-refractivity contribution in [3.05, 3.63) is 34.9 Å². The van der Waals surface area contributed by atoms with Gasteiger partial charge in [-0.05, 0) is 48.3 Å². The lowest BCUT2D eigenvalue weighted by Gasteiger charge is -2.29. The third kappa shape index (κ3) is 3.22. The van der Waals surface area contributed by atoms with Crippen LogP contribution >= 0.6 is 0 Å². The Hall–Kier alpha value is -2.25. The van der Waals surface area contributed by atoms with Gasteiger partial charge in [0.2, 0.25) is 11.8 Å². The lowest BCUT2D eigenvalue weighted by atomic mass is 10.0. The van der Waals surface area contributed by atoms with Gasteiger partial charge in [-0.1, -0.05) is 12.1 Å². The van der Waals surface area contributed by atoms with Crippen LogP contribution in [-0.4, -0.2) is 47.8 Å². The van der Waals surface area contributed by atoms with Gasteiger partial charge in [-0.15, -0.1) is 0 Å². The fraction of sp³-hybridized carbons (Fsp3) is 0.571. The Morgan fingerprint density at radius 1 is 1.21 bits per heavy atom. The summed E-state index contributed by atoms with van der Waals surface area (Å²) in [6, 6.07) is 5.93. The van der Waals surface area contributed by atoms with E-state index in [1.807, 2.05) is 12.1 Å². The molecule has 7 nitrogen and oxygen atoms in total. The third-order valence-electron chi connectivity index (χ3n) is 6.71. The Bertz CT molecular complexity index is 848. The van der Waals surface area contributed by atoms with Crippen molar-refractivity contribution >= 4 is 17.7 Å². The number of rotatable bonds is 5. The van der Waals surface area contributed by atoms with Gasteiger partial charge < -0.3 is 15.5 Å². The van der Waals surface area contributed by atoms with E-state index < -0.39 is 6.04 Å². The van der Waals surface area contributed by atoms with Crippen molar-refractivity contribution < 1.29 is 14.4 Å². The summed E-state index contributed by atoms with van der Waals surface area (Å²) in [6.45, 7) is 3.32. The Morgan fingerprint density at radius 3 is 2.82 bits per heavy atom. The zero-order valence-electron chi connectivity index (χ0n) is 15.9. The highest BCUT2D eigenvalue weighted by atomic mass is 16.2. The van der Waals surface area contributed by atoms with Crippen LogP contribution in [0, 0.1) is 5.41 Å². The molecule has 0 aromatic heterocycles. The van der Waals surface area contributed by atoms with E-state index in [9.17, 15) is 14.4 Å². The summed E-state index contributed by atoms with van der Waals surface area (Å²) in [7, 11) is 0. The largest absolute Gasteiger partial charge is 0.322 e. The van der Waals surface area contributed by atoms with E-state index in [2.05, 4.69) is 22.0 Å². The van der Waals surface area contributed by atoms with Gasteiger partial charge in [0.15, 0.2) is 0 Å². The minimum atomic E-state index is -0.553. The molecule has 0 bridgehead atoms. The first-order chi connectivity index (χ1) is 13.5. The van der Waals surface area contributed by atoms with Crippen LogP contribution in [0.4, 0.5) is 0 Å². The number of benzene rings is 1. The van der Waals surface area contributed by atoms with Crippen molar-refractivity contribution in [2.45, 2.75) is 57.3 Å². The lowest BCUT2D eigenvalue weighted by Crippen LogP contribution is -2.52. The van der Waals surface area contributed by atoms with Crippen molar-refractivity contribution in [2.75, 3.05) is 13.1 Å². The number of nitrogens with zero attached hydrogens (tertiary/aromatic N) is 1. The summed E-state index contributed by atoms with van der Waals surface area (Å²) in [5.41, 5.74) is 3.39. The molecular formula is C21H26N4O3. The second-order valence-corrected chi connectivity index (χ2v) is 8.80. The van der Waals surface area contributed by atoms with Crippen LogP contribution in [0.25, 0.3) is 0 Å². The Morgan fingerprint density at radius 2 is 2.07 bits per heavy atom. The summed E-state index contributed by atoms with van der Waals surface area (Å²) < 4.78 is 0. The van der Waals surface area contributed by atoms with E-state index in [0.29, 0.717) is 30.0 Å². The molecule has 1 aromatic rings. The monoisotopic (exact) mass is 382 g/mol. The minimum Gasteiger partial charge on any atom is -0.322 e. The molecular weight excluding hydrogens is 356 g/mol. The van der Waals surface area contributed by atoms with E-state index in [1.54, 1.807) is 4.90 Å². The smallest absolute Gasteiger partial charge is 0.255 e. The van der Waals surface area contributed by atoms with Crippen LogP contribution in [-0.2, 0) is 22.7 Å². The predicted molar refractivity (Wildman–Crippen MR) is 102 cm³/mol. The zero-order chi connectivity index (χ0) is 19.3. The van der Waals surface area contributed by atoms with Gasteiger partial charge >= 0.3 is 0 Å². The minimum absolute atomic E-state index is 0.117. The molecule has 28 heavy (non-hydrogen) atoms. The van der Waals surface area contributed by atoms with E-state index in [4.69, 9.17) is 0 Å². The van der Waals surface area contributed by atoms with Crippen LogP contribution in [0.15, 0.2) is 18.2 Å². The summed E-state index contributed by atoms with van der Waals surface area (Å²) >= 11 is 0. The molecule has 3 aliphatic heterocycles. The lowest BCUT2D eigenvalue weighted by molar-refractivity contribution is -0.136. The van der Waals surface area contributed by atoms with E-state index in [1.165, 1.54) is 19.3 Å². The number of imide groups is 1. The first-order valence-corrected chi connectivity index (χ1v) is 10.2. The van der Waals surface area contributed by atoms with Crippen LogP contribution in [0.2, 0.25) is 0 Å². The summed E-state index contributed by atoms with van der Waals surface area (Å²) in [5.74, 6) is -0.742. The van der Waals surface area contributed by atoms with Crippen molar-refractivity contribution in [1.82, 2.24) is 20.9 Å². The number of amides is 3. The second-order valence-electron chi connectivity index (χ2n) is 8.80. The number of fused-ring (bicyclic) bond motifs is 1. The summed E-state index contributed by atoms with van der Waals surface area (Å²) in [5, 5.41) is 9.49. The molecule has 2 atom stereocenters. The third-order valence-corrected chi connectivity index (χ3v) is 6.71. The number of hydrogen-bond donors (Lipinski definition) is 3. The maximum Gasteiger partial charge on any atom is 0.255 e.